The predicted octanol–water partition coefficient (Wildman–Crippen LogP) is 4.26. The number of halogens is 2. The lowest BCUT2D eigenvalue weighted by atomic mass is 10.1. The minimum Gasteiger partial charge on any atom is -0.441 e. The second kappa shape index (κ2) is 8.34. The Hall–Kier alpha value is -2.35. The van der Waals surface area contributed by atoms with E-state index in [0.717, 1.165) is 13.1 Å². The van der Waals surface area contributed by atoms with E-state index in [1.807, 2.05) is 18.7 Å². The van der Waals surface area contributed by atoms with Crippen LogP contribution in [-0.4, -0.2) is 30.0 Å². The van der Waals surface area contributed by atoms with Crippen LogP contribution >= 0.6 is 35.4 Å². The third-order valence-corrected chi connectivity index (χ3v) is 5.26. The van der Waals surface area contributed by atoms with Gasteiger partial charge in [0, 0.05) is 19.2 Å². The number of benzene rings is 1. The van der Waals surface area contributed by atoms with E-state index in [0.29, 0.717) is 22.4 Å². The molecule has 0 radical (unpaired) electrons. The molecule has 1 aromatic carbocycles. The molecule has 1 aromatic heterocycles. The lowest BCUT2D eigenvalue weighted by molar-refractivity contribution is -0.122. The Morgan fingerprint density at radius 3 is 2.50 bits per heavy atom. The van der Waals surface area contributed by atoms with Crippen molar-refractivity contribution in [3.05, 3.63) is 51.7 Å². The highest BCUT2D eigenvalue weighted by atomic mass is 35.5. The first-order valence-corrected chi connectivity index (χ1v) is 9.73. The van der Waals surface area contributed by atoms with Gasteiger partial charge in [0.05, 0.1) is 15.7 Å². The number of nitrogens with zero attached hydrogens (tertiary/aromatic N) is 2. The molecule has 2 aromatic rings. The van der Waals surface area contributed by atoms with Gasteiger partial charge in [0.25, 0.3) is 11.8 Å². The van der Waals surface area contributed by atoms with Crippen molar-refractivity contribution in [2.45, 2.75) is 13.8 Å². The second-order valence-electron chi connectivity index (χ2n) is 5.90. The summed E-state index contributed by atoms with van der Waals surface area (Å²) in [6, 6.07) is 8.16. The molecule has 146 valence electrons. The van der Waals surface area contributed by atoms with Crippen molar-refractivity contribution in [2.24, 2.45) is 0 Å². The summed E-state index contributed by atoms with van der Waals surface area (Å²) in [4.78, 5) is 28.5. The highest BCUT2D eigenvalue weighted by molar-refractivity contribution is 7.80. The monoisotopic (exact) mass is 437 g/mol. The average molecular weight is 438 g/mol. The molecule has 2 heterocycles. The Morgan fingerprint density at radius 2 is 1.86 bits per heavy atom. The minimum atomic E-state index is -0.591. The van der Waals surface area contributed by atoms with Crippen LogP contribution in [0.3, 0.4) is 0 Å². The van der Waals surface area contributed by atoms with Crippen molar-refractivity contribution in [1.29, 1.82) is 0 Å². The molecular formula is C19H17Cl2N3O3S. The number of amides is 2. The zero-order chi connectivity index (χ0) is 20.4. The molecule has 1 fully saturated rings. The van der Waals surface area contributed by atoms with Crippen molar-refractivity contribution < 1.29 is 14.0 Å². The van der Waals surface area contributed by atoms with Crippen LogP contribution in [0.5, 0.6) is 0 Å². The van der Waals surface area contributed by atoms with Crippen LogP contribution in [0.1, 0.15) is 19.6 Å². The molecule has 3 rings (SSSR count). The molecule has 1 N–H and O–H groups in total. The van der Waals surface area contributed by atoms with Gasteiger partial charge >= 0.3 is 0 Å². The van der Waals surface area contributed by atoms with Gasteiger partial charge in [-0.2, -0.15) is 0 Å². The number of hydrogen-bond donors (Lipinski definition) is 1. The van der Waals surface area contributed by atoms with E-state index in [2.05, 4.69) is 5.32 Å². The summed E-state index contributed by atoms with van der Waals surface area (Å²) in [7, 11) is 0. The van der Waals surface area contributed by atoms with Crippen molar-refractivity contribution in [3.8, 4) is 0 Å². The maximum absolute atomic E-state index is 13.0. The standard InChI is InChI=1S/C19H17Cl2N3O3S/c1-3-23(4-2)16-8-6-12(27-16)10-13-17(25)22-19(28)24(18(13)26)11-5-7-14(20)15(21)9-11/h5-10H,3-4H2,1-2H3,(H,22,25,28)/b13-10+. The molecule has 28 heavy (non-hydrogen) atoms. The van der Waals surface area contributed by atoms with E-state index in [4.69, 9.17) is 39.8 Å². The maximum Gasteiger partial charge on any atom is 0.270 e. The number of furan rings is 1. The first kappa shape index (κ1) is 20.4. The zero-order valence-electron chi connectivity index (χ0n) is 15.2. The van der Waals surface area contributed by atoms with E-state index >= 15 is 0 Å². The first-order valence-electron chi connectivity index (χ1n) is 8.57. The van der Waals surface area contributed by atoms with Crippen LogP contribution in [0.4, 0.5) is 11.6 Å². The molecule has 9 heteroatoms. The third kappa shape index (κ3) is 3.92. The van der Waals surface area contributed by atoms with Gasteiger partial charge in [-0.25, -0.2) is 0 Å². The van der Waals surface area contributed by atoms with Crippen molar-refractivity contribution >= 4 is 70.0 Å². The molecule has 1 aliphatic heterocycles. The second-order valence-corrected chi connectivity index (χ2v) is 7.11. The Balaban J connectivity index is 1.95. The summed E-state index contributed by atoms with van der Waals surface area (Å²) in [5, 5.41) is 3.10. The fraction of sp³-hybridized carbons (Fsp3) is 0.211. The number of nitrogens with one attached hydrogen (secondary N) is 1. The number of rotatable bonds is 5. The third-order valence-electron chi connectivity index (χ3n) is 4.24. The molecule has 1 aliphatic rings. The summed E-state index contributed by atoms with van der Waals surface area (Å²) in [5.74, 6) is -0.111. The SMILES string of the molecule is CCN(CC)c1ccc(/C=C2\C(=O)NC(=S)N(c3ccc(Cl)c(Cl)c3)C2=O)o1. The lowest BCUT2D eigenvalue weighted by Crippen LogP contribution is -2.54. The minimum absolute atomic E-state index is 0.0335. The number of anilines is 2. The van der Waals surface area contributed by atoms with Gasteiger partial charge in [-0.15, -0.1) is 0 Å². The topological polar surface area (TPSA) is 65.8 Å². The fourth-order valence-electron chi connectivity index (χ4n) is 2.78. The van der Waals surface area contributed by atoms with Crippen molar-refractivity contribution in [3.63, 3.8) is 0 Å². The quantitative estimate of drug-likeness (QED) is 0.429. The molecule has 0 saturated carbocycles. The molecule has 0 aliphatic carbocycles. The van der Waals surface area contributed by atoms with Crippen molar-refractivity contribution in [2.75, 3.05) is 22.9 Å². The summed E-state index contributed by atoms with van der Waals surface area (Å²) in [6.45, 7) is 5.58. The largest absolute Gasteiger partial charge is 0.441 e. The molecule has 0 unspecified atom stereocenters. The van der Waals surface area contributed by atoms with Crippen LogP contribution in [-0.2, 0) is 9.59 Å². The average Bonchev–Trinajstić information content (AvgIpc) is 3.11. The van der Waals surface area contributed by atoms with Crippen LogP contribution in [0.15, 0.2) is 40.3 Å². The first-order chi connectivity index (χ1) is 13.3. The van der Waals surface area contributed by atoms with Crippen LogP contribution in [0.25, 0.3) is 6.08 Å². The van der Waals surface area contributed by atoms with Crippen LogP contribution < -0.4 is 15.1 Å². The Bertz CT molecular complexity index is 983. The normalized spacial score (nSPS) is 15.9. The Labute approximate surface area is 177 Å². The summed E-state index contributed by atoms with van der Waals surface area (Å²) < 4.78 is 5.76. The van der Waals surface area contributed by atoms with Crippen LogP contribution in [0, 0.1) is 0 Å². The summed E-state index contributed by atoms with van der Waals surface area (Å²) >= 11 is 17.2. The van der Waals surface area contributed by atoms with Gasteiger partial charge in [-0.05, 0) is 56.4 Å². The van der Waals surface area contributed by atoms with Crippen LogP contribution in [0.2, 0.25) is 10.0 Å². The molecule has 1 saturated heterocycles. The van der Waals surface area contributed by atoms with E-state index < -0.39 is 11.8 Å². The van der Waals surface area contributed by atoms with Gasteiger partial charge in [0.15, 0.2) is 11.0 Å². The van der Waals surface area contributed by atoms with E-state index in [1.54, 1.807) is 24.3 Å². The van der Waals surface area contributed by atoms with E-state index in [-0.39, 0.29) is 15.7 Å². The lowest BCUT2D eigenvalue weighted by Gasteiger charge is -2.29. The molecular weight excluding hydrogens is 421 g/mol. The number of carbonyl (C=O) groups is 2. The maximum atomic E-state index is 13.0. The van der Waals surface area contributed by atoms with Gasteiger partial charge in [-0.1, -0.05) is 23.2 Å². The van der Waals surface area contributed by atoms with Gasteiger partial charge in [0.1, 0.15) is 11.3 Å². The zero-order valence-corrected chi connectivity index (χ0v) is 17.5. The van der Waals surface area contributed by atoms with E-state index in [9.17, 15) is 9.59 Å². The predicted molar refractivity (Wildman–Crippen MR) is 115 cm³/mol. The highest BCUT2D eigenvalue weighted by Crippen LogP contribution is 2.30. The fourth-order valence-corrected chi connectivity index (χ4v) is 3.36. The molecule has 6 nitrogen and oxygen atoms in total. The Kier molecular flexibility index (Phi) is 6.07. The van der Waals surface area contributed by atoms with E-state index in [1.165, 1.54) is 17.0 Å². The summed E-state index contributed by atoms with van der Waals surface area (Å²) in [6.07, 6.45) is 1.40. The van der Waals surface area contributed by atoms with Gasteiger partial charge in [0.2, 0.25) is 0 Å². The number of thiocarbonyl (C=S) groups is 1. The molecule has 2 amide bonds. The Morgan fingerprint density at radius 1 is 1.14 bits per heavy atom. The molecule has 0 bridgehead atoms. The number of hydrogen-bond acceptors (Lipinski definition) is 5. The molecule has 0 spiro atoms. The smallest absolute Gasteiger partial charge is 0.270 e. The number of carbonyl (C=O) groups excluding carboxylic acids is 2. The highest BCUT2D eigenvalue weighted by Gasteiger charge is 2.35. The molecule has 0 atom stereocenters. The van der Waals surface area contributed by atoms with Crippen molar-refractivity contribution in [1.82, 2.24) is 5.32 Å². The van der Waals surface area contributed by atoms with Gasteiger partial charge < -0.3 is 9.32 Å². The van der Waals surface area contributed by atoms with Gasteiger partial charge in [-0.3, -0.25) is 19.8 Å². The summed E-state index contributed by atoms with van der Waals surface area (Å²) in [5.41, 5.74) is 0.304.